The van der Waals surface area contributed by atoms with E-state index >= 15 is 0 Å². The number of H-pyrrole nitrogens is 2. The molecule has 3 atom stereocenters. The molecule has 0 bridgehead atoms. The summed E-state index contributed by atoms with van der Waals surface area (Å²) < 4.78 is 0. The van der Waals surface area contributed by atoms with Crippen molar-refractivity contribution < 1.29 is 19.5 Å². The highest BCUT2D eigenvalue weighted by Crippen LogP contribution is 2.40. The van der Waals surface area contributed by atoms with E-state index in [0.717, 1.165) is 19.4 Å². The van der Waals surface area contributed by atoms with Gasteiger partial charge in [0.25, 0.3) is 6.47 Å². The number of aromatic nitrogens is 3. The molecule has 2 heterocycles. The molecule has 10 heteroatoms. The summed E-state index contributed by atoms with van der Waals surface area (Å²) in [6.45, 7) is 0.552. The second-order valence-electron chi connectivity index (χ2n) is 6.86. The highest BCUT2D eigenvalue weighted by Gasteiger charge is 2.42. The lowest BCUT2D eigenvalue weighted by Gasteiger charge is -2.31. The minimum atomic E-state index is -0.352. The maximum Gasteiger partial charge on any atom is 0.340 e. The number of aryl methyl sites for hydroxylation is 1. The van der Waals surface area contributed by atoms with Gasteiger partial charge in [0, 0.05) is 45.9 Å². The molecule has 0 unspecified atom stereocenters. The molecule has 0 spiro atoms. The van der Waals surface area contributed by atoms with Crippen molar-refractivity contribution in [3.63, 3.8) is 0 Å². The zero-order chi connectivity index (χ0) is 19.3. The average molecular weight is 367 g/mol. The number of rotatable bonds is 4. The van der Waals surface area contributed by atoms with Crippen molar-refractivity contribution in [3.05, 3.63) is 16.3 Å². The van der Waals surface area contributed by atoms with Crippen LogP contribution in [0.3, 0.4) is 0 Å². The second-order valence-corrected chi connectivity index (χ2v) is 6.86. The van der Waals surface area contributed by atoms with Crippen LogP contribution in [0.15, 0.2) is 4.79 Å². The van der Waals surface area contributed by atoms with Crippen molar-refractivity contribution in [1.82, 2.24) is 25.0 Å². The molecule has 1 aliphatic heterocycles. The normalized spacial score (nSPS) is 24.5. The number of carbonyl (C=O) groups excluding carboxylic acids is 2. The van der Waals surface area contributed by atoms with Gasteiger partial charge in [-0.1, -0.05) is 0 Å². The van der Waals surface area contributed by atoms with Crippen molar-refractivity contribution in [2.45, 2.75) is 38.1 Å². The van der Waals surface area contributed by atoms with Gasteiger partial charge in [-0.05, 0) is 24.7 Å². The summed E-state index contributed by atoms with van der Waals surface area (Å²) in [5, 5.41) is 13.0. The van der Waals surface area contributed by atoms with E-state index in [1.165, 1.54) is 0 Å². The van der Waals surface area contributed by atoms with Crippen molar-refractivity contribution in [1.29, 1.82) is 0 Å². The number of hydrogen-bond acceptors (Lipinski definition) is 5. The molecule has 2 fully saturated rings. The molecule has 2 amide bonds. The lowest BCUT2D eigenvalue weighted by Crippen LogP contribution is -2.39. The molecular weight excluding hydrogens is 342 g/mol. The van der Waals surface area contributed by atoms with Gasteiger partial charge < -0.3 is 14.9 Å². The van der Waals surface area contributed by atoms with Gasteiger partial charge in [-0.2, -0.15) is 5.10 Å². The molecule has 144 valence electrons. The van der Waals surface area contributed by atoms with E-state index in [9.17, 15) is 14.4 Å². The summed E-state index contributed by atoms with van der Waals surface area (Å²) in [6, 6.07) is 0.204. The van der Waals surface area contributed by atoms with Crippen LogP contribution in [0.4, 0.5) is 0 Å². The molecule has 3 rings (SSSR count). The van der Waals surface area contributed by atoms with Gasteiger partial charge >= 0.3 is 5.69 Å². The molecule has 10 nitrogen and oxygen atoms in total. The van der Waals surface area contributed by atoms with E-state index in [-0.39, 0.29) is 30.0 Å². The first-order valence-corrected chi connectivity index (χ1v) is 8.56. The van der Waals surface area contributed by atoms with Gasteiger partial charge in [-0.15, -0.1) is 0 Å². The van der Waals surface area contributed by atoms with Crippen LogP contribution < -0.4 is 5.69 Å². The van der Waals surface area contributed by atoms with Crippen LogP contribution >= 0.6 is 0 Å². The number of carboxylic acid groups (broad SMARTS) is 1. The average Bonchev–Trinajstić information content (AvgIpc) is 3.19. The van der Waals surface area contributed by atoms with Crippen molar-refractivity contribution in [2.75, 3.05) is 20.6 Å². The highest BCUT2D eigenvalue weighted by molar-refractivity contribution is 5.78. The standard InChI is InChI=1S/C15H23N5O3.CH2O2/c1-19-8-10-6-11(5-9(10)7-14(19)22)20(2)13(21)4-3-12-16-15(23)18-17-12;2-1-3/h9-11H,3-8H2,1-2H3,(H2,16,17,18,23);1H,(H,2,3)/t9-,10+,11-;/m0./s1. The van der Waals surface area contributed by atoms with Gasteiger partial charge in [-0.25, -0.2) is 9.89 Å². The van der Waals surface area contributed by atoms with Crippen molar-refractivity contribution in [3.8, 4) is 0 Å². The van der Waals surface area contributed by atoms with Crippen LogP contribution in [0.2, 0.25) is 0 Å². The SMILES string of the molecule is CN1C[C@H]2C[C@@H](N(C)C(=O)CCc3n[nH]c(=O)[nH]3)C[C@H]2CC1=O.O=CO. The zero-order valence-electron chi connectivity index (χ0n) is 15.0. The number of aromatic amines is 2. The molecule has 0 aromatic carbocycles. The Morgan fingerprint density at radius 3 is 2.65 bits per heavy atom. The van der Waals surface area contributed by atoms with Crippen molar-refractivity contribution in [2.24, 2.45) is 11.8 Å². The van der Waals surface area contributed by atoms with Crippen LogP contribution in [-0.4, -0.2) is 75.1 Å². The monoisotopic (exact) mass is 367 g/mol. The smallest absolute Gasteiger partial charge is 0.340 e. The van der Waals surface area contributed by atoms with E-state index in [0.29, 0.717) is 36.9 Å². The molecule has 1 aliphatic carbocycles. The van der Waals surface area contributed by atoms with Crippen LogP contribution in [0.1, 0.15) is 31.5 Å². The van der Waals surface area contributed by atoms with Crippen LogP contribution in [-0.2, 0) is 20.8 Å². The molecular formula is C16H25N5O5. The maximum atomic E-state index is 12.4. The first-order chi connectivity index (χ1) is 12.3. The van der Waals surface area contributed by atoms with E-state index in [4.69, 9.17) is 9.90 Å². The lowest BCUT2D eigenvalue weighted by atomic mass is 9.88. The fourth-order valence-corrected chi connectivity index (χ4v) is 3.83. The van der Waals surface area contributed by atoms with Crippen LogP contribution in [0.5, 0.6) is 0 Å². The molecule has 3 N–H and O–H groups in total. The summed E-state index contributed by atoms with van der Waals surface area (Å²) >= 11 is 0. The number of hydrogen-bond donors (Lipinski definition) is 3. The Morgan fingerprint density at radius 2 is 2.04 bits per heavy atom. The third kappa shape index (κ3) is 4.70. The van der Waals surface area contributed by atoms with Gasteiger partial charge in [0.15, 0.2) is 0 Å². The Labute approximate surface area is 150 Å². The highest BCUT2D eigenvalue weighted by atomic mass is 16.3. The number of nitrogens with zero attached hydrogens (tertiary/aromatic N) is 3. The quantitative estimate of drug-likeness (QED) is 0.610. The largest absolute Gasteiger partial charge is 0.483 e. The summed E-state index contributed by atoms with van der Waals surface area (Å²) in [4.78, 5) is 49.7. The number of piperidine rings is 1. The fourth-order valence-electron chi connectivity index (χ4n) is 3.83. The topological polar surface area (TPSA) is 139 Å². The third-order valence-corrected chi connectivity index (χ3v) is 5.25. The first kappa shape index (κ1) is 19.7. The Bertz CT molecular complexity index is 699. The third-order valence-electron chi connectivity index (χ3n) is 5.25. The number of nitrogens with one attached hydrogen (secondary N) is 2. The van der Waals surface area contributed by atoms with Gasteiger partial charge in [-0.3, -0.25) is 19.4 Å². The number of amides is 2. The number of carbonyl (C=O) groups is 3. The lowest BCUT2D eigenvalue weighted by molar-refractivity contribution is -0.135. The predicted molar refractivity (Wildman–Crippen MR) is 91.2 cm³/mol. The minimum absolute atomic E-state index is 0.0529. The minimum Gasteiger partial charge on any atom is -0.483 e. The molecule has 1 saturated heterocycles. The summed E-state index contributed by atoms with van der Waals surface area (Å²) in [5.74, 6) is 1.67. The maximum absolute atomic E-state index is 12.4. The van der Waals surface area contributed by atoms with Gasteiger partial charge in [0.2, 0.25) is 11.8 Å². The summed E-state index contributed by atoms with van der Waals surface area (Å²) in [5.41, 5.74) is -0.352. The molecule has 0 radical (unpaired) electrons. The van der Waals surface area contributed by atoms with E-state index in [2.05, 4.69) is 15.2 Å². The molecule has 1 saturated carbocycles. The Hall–Kier alpha value is -2.65. The molecule has 1 aromatic heterocycles. The van der Waals surface area contributed by atoms with E-state index < -0.39 is 0 Å². The zero-order valence-corrected chi connectivity index (χ0v) is 15.0. The number of fused-ring (bicyclic) bond motifs is 1. The Kier molecular flexibility index (Phi) is 6.53. The predicted octanol–water partition coefficient (Wildman–Crippen LogP) is -0.553. The summed E-state index contributed by atoms with van der Waals surface area (Å²) in [7, 11) is 3.69. The Morgan fingerprint density at radius 1 is 1.38 bits per heavy atom. The van der Waals surface area contributed by atoms with Crippen LogP contribution in [0.25, 0.3) is 0 Å². The summed E-state index contributed by atoms with van der Waals surface area (Å²) in [6.07, 6.45) is 3.22. The van der Waals surface area contributed by atoms with Gasteiger partial charge in [0.1, 0.15) is 5.82 Å². The molecule has 26 heavy (non-hydrogen) atoms. The molecule has 1 aromatic rings. The van der Waals surface area contributed by atoms with E-state index in [1.807, 2.05) is 19.0 Å². The Balaban J connectivity index is 0.000000758. The van der Waals surface area contributed by atoms with Gasteiger partial charge in [0.05, 0.1) is 0 Å². The van der Waals surface area contributed by atoms with E-state index in [1.54, 1.807) is 4.90 Å². The second kappa shape index (κ2) is 8.63. The van der Waals surface area contributed by atoms with Crippen LogP contribution in [0, 0.1) is 11.8 Å². The fraction of sp³-hybridized carbons (Fsp3) is 0.688. The molecule has 2 aliphatic rings. The first-order valence-electron chi connectivity index (χ1n) is 8.56. The van der Waals surface area contributed by atoms with Crippen molar-refractivity contribution >= 4 is 18.3 Å². The number of likely N-dealkylation sites (tertiary alicyclic amines) is 1.